The van der Waals surface area contributed by atoms with Crippen molar-refractivity contribution in [2.75, 3.05) is 32.5 Å². The summed E-state index contributed by atoms with van der Waals surface area (Å²) in [4.78, 5) is 27.2. The van der Waals surface area contributed by atoms with Gasteiger partial charge >= 0.3 is 6.03 Å². The Morgan fingerprint density at radius 1 is 1.23 bits per heavy atom. The van der Waals surface area contributed by atoms with Crippen LogP contribution in [0.5, 0.6) is 0 Å². The van der Waals surface area contributed by atoms with Gasteiger partial charge in [0.05, 0.1) is 0 Å². The van der Waals surface area contributed by atoms with Crippen molar-refractivity contribution in [2.45, 2.75) is 6.42 Å². The van der Waals surface area contributed by atoms with E-state index in [0.29, 0.717) is 25.2 Å². The van der Waals surface area contributed by atoms with Crippen molar-refractivity contribution in [1.82, 2.24) is 9.80 Å². The molecule has 2 aromatic carbocycles. The van der Waals surface area contributed by atoms with Crippen LogP contribution in [0.1, 0.15) is 6.42 Å². The van der Waals surface area contributed by atoms with Gasteiger partial charge in [0.1, 0.15) is 5.82 Å². The predicted octanol–water partition coefficient (Wildman–Crippen LogP) is 3.43. The molecular weight excluding hydrogens is 333 g/mol. The normalized spacial score (nSPS) is 16.7. The molecule has 1 atom stereocenters. The van der Waals surface area contributed by atoms with Crippen molar-refractivity contribution in [1.29, 1.82) is 0 Å². The van der Waals surface area contributed by atoms with Gasteiger partial charge in [-0.2, -0.15) is 0 Å². The van der Waals surface area contributed by atoms with Crippen LogP contribution in [0.25, 0.3) is 11.1 Å². The topological polar surface area (TPSA) is 52.6 Å². The number of hydrogen-bond acceptors (Lipinski definition) is 2. The lowest BCUT2D eigenvalue weighted by Crippen LogP contribution is -2.35. The number of carbonyl (C=O) groups excluding carboxylic acids is 2. The van der Waals surface area contributed by atoms with Crippen LogP contribution in [0.3, 0.4) is 0 Å². The number of halogens is 1. The maximum absolute atomic E-state index is 13.3. The molecule has 3 rings (SSSR count). The van der Waals surface area contributed by atoms with Gasteiger partial charge in [0.2, 0.25) is 5.91 Å². The summed E-state index contributed by atoms with van der Waals surface area (Å²) in [6.07, 6.45) is 0.483. The first-order chi connectivity index (χ1) is 12.4. The number of urea groups is 1. The number of nitrogens with one attached hydrogen (secondary N) is 1. The van der Waals surface area contributed by atoms with E-state index in [-0.39, 0.29) is 23.7 Å². The fourth-order valence-corrected chi connectivity index (χ4v) is 3.18. The SMILES string of the molecule is CN1C[C@@H](CN(C)C(=O)Nc2ccc(-c3cccc(F)c3)cc2)CC1=O. The highest BCUT2D eigenvalue weighted by Gasteiger charge is 2.28. The molecule has 1 N–H and O–H groups in total. The fourth-order valence-electron chi connectivity index (χ4n) is 3.18. The number of rotatable bonds is 4. The van der Waals surface area contributed by atoms with Gasteiger partial charge in [-0.05, 0) is 35.4 Å². The molecule has 3 amide bonds. The Bertz CT molecular complexity index is 807. The molecule has 2 aromatic rings. The number of benzene rings is 2. The van der Waals surface area contributed by atoms with Crippen LogP contribution in [0.15, 0.2) is 48.5 Å². The van der Waals surface area contributed by atoms with Gasteiger partial charge in [0.15, 0.2) is 0 Å². The summed E-state index contributed by atoms with van der Waals surface area (Å²) in [7, 11) is 3.50. The summed E-state index contributed by atoms with van der Waals surface area (Å²) in [6, 6.07) is 13.4. The summed E-state index contributed by atoms with van der Waals surface area (Å²) in [5.74, 6) is 0.00731. The second kappa shape index (κ2) is 7.56. The predicted molar refractivity (Wildman–Crippen MR) is 99.2 cm³/mol. The van der Waals surface area contributed by atoms with Crippen LogP contribution in [0.2, 0.25) is 0 Å². The highest BCUT2D eigenvalue weighted by molar-refractivity contribution is 5.89. The number of amides is 3. The highest BCUT2D eigenvalue weighted by atomic mass is 19.1. The third-order valence-electron chi connectivity index (χ3n) is 4.59. The number of nitrogens with zero attached hydrogens (tertiary/aromatic N) is 2. The molecule has 136 valence electrons. The largest absolute Gasteiger partial charge is 0.345 e. The molecule has 0 unspecified atom stereocenters. The molecule has 1 saturated heterocycles. The van der Waals surface area contributed by atoms with Crippen LogP contribution in [0, 0.1) is 11.7 Å². The molecule has 1 fully saturated rings. The zero-order valence-corrected chi connectivity index (χ0v) is 14.9. The summed E-state index contributed by atoms with van der Waals surface area (Å²) in [5, 5.41) is 2.84. The lowest BCUT2D eigenvalue weighted by atomic mass is 10.1. The van der Waals surface area contributed by atoms with Gasteiger partial charge in [-0.25, -0.2) is 9.18 Å². The van der Waals surface area contributed by atoms with Crippen LogP contribution < -0.4 is 5.32 Å². The number of likely N-dealkylation sites (tertiary alicyclic amines) is 1. The van der Waals surface area contributed by atoms with E-state index in [1.165, 1.54) is 12.1 Å². The standard InChI is InChI=1S/C20H22FN3O2/c1-23-12-14(10-19(23)25)13-24(2)20(26)22-18-8-6-15(7-9-18)16-4-3-5-17(21)11-16/h3-9,11,14H,10,12-13H2,1-2H3,(H,22,26)/t14-/m0/s1. The van der Waals surface area contributed by atoms with Crippen molar-refractivity contribution in [3.8, 4) is 11.1 Å². The van der Waals surface area contributed by atoms with Crippen molar-refractivity contribution < 1.29 is 14.0 Å². The maximum Gasteiger partial charge on any atom is 0.321 e. The molecule has 0 aliphatic carbocycles. The Morgan fingerprint density at radius 2 is 1.96 bits per heavy atom. The van der Waals surface area contributed by atoms with E-state index in [2.05, 4.69) is 5.32 Å². The summed E-state index contributed by atoms with van der Waals surface area (Å²) >= 11 is 0. The minimum absolute atomic E-state index is 0.122. The number of carbonyl (C=O) groups is 2. The van der Waals surface area contributed by atoms with Crippen molar-refractivity contribution in [3.63, 3.8) is 0 Å². The Morgan fingerprint density at radius 3 is 2.58 bits per heavy atom. The van der Waals surface area contributed by atoms with E-state index < -0.39 is 0 Å². The third kappa shape index (κ3) is 4.20. The summed E-state index contributed by atoms with van der Waals surface area (Å²) in [6.45, 7) is 1.21. The van der Waals surface area contributed by atoms with Crippen LogP contribution in [0.4, 0.5) is 14.9 Å². The molecule has 1 aliphatic rings. The lowest BCUT2D eigenvalue weighted by Gasteiger charge is -2.21. The van der Waals surface area contributed by atoms with Crippen molar-refractivity contribution in [3.05, 3.63) is 54.3 Å². The van der Waals surface area contributed by atoms with Gasteiger partial charge in [-0.15, -0.1) is 0 Å². The molecule has 26 heavy (non-hydrogen) atoms. The van der Waals surface area contributed by atoms with Crippen LogP contribution in [-0.4, -0.2) is 48.9 Å². The quantitative estimate of drug-likeness (QED) is 0.913. The maximum atomic E-state index is 13.3. The minimum atomic E-state index is -0.280. The average molecular weight is 355 g/mol. The number of anilines is 1. The molecule has 1 heterocycles. The smallest absolute Gasteiger partial charge is 0.321 e. The molecule has 0 bridgehead atoms. The molecule has 0 radical (unpaired) electrons. The lowest BCUT2D eigenvalue weighted by molar-refractivity contribution is -0.126. The zero-order valence-electron chi connectivity index (χ0n) is 14.9. The van der Waals surface area contributed by atoms with E-state index in [9.17, 15) is 14.0 Å². The molecule has 0 aromatic heterocycles. The van der Waals surface area contributed by atoms with Crippen LogP contribution >= 0.6 is 0 Å². The number of hydrogen-bond donors (Lipinski definition) is 1. The van der Waals surface area contributed by atoms with Gasteiger partial charge in [0.25, 0.3) is 0 Å². The minimum Gasteiger partial charge on any atom is -0.345 e. The van der Waals surface area contributed by atoms with E-state index >= 15 is 0 Å². The first kappa shape index (κ1) is 17.9. The highest BCUT2D eigenvalue weighted by Crippen LogP contribution is 2.22. The Hall–Kier alpha value is -2.89. The van der Waals surface area contributed by atoms with Gasteiger partial charge in [-0.1, -0.05) is 24.3 Å². The van der Waals surface area contributed by atoms with Crippen molar-refractivity contribution >= 4 is 17.6 Å². The van der Waals surface area contributed by atoms with E-state index in [0.717, 1.165) is 11.1 Å². The molecule has 6 heteroatoms. The van der Waals surface area contributed by atoms with E-state index in [1.54, 1.807) is 42.1 Å². The first-order valence-electron chi connectivity index (χ1n) is 8.54. The second-order valence-electron chi connectivity index (χ2n) is 6.74. The molecule has 5 nitrogen and oxygen atoms in total. The van der Waals surface area contributed by atoms with E-state index in [4.69, 9.17) is 0 Å². The van der Waals surface area contributed by atoms with Gasteiger partial charge in [0, 0.05) is 45.2 Å². The molecular formula is C20H22FN3O2. The molecule has 1 aliphatic heterocycles. The first-order valence-corrected chi connectivity index (χ1v) is 8.54. The Kier molecular flexibility index (Phi) is 5.21. The molecule has 0 spiro atoms. The van der Waals surface area contributed by atoms with Gasteiger partial charge < -0.3 is 15.1 Å². The van der Waals surface area contributed by atoms with Crippen LogP contribution in [-0.2, 0) is 4.79 Å². The monoisotopic (exact) mass is 355 g/mol. The van der Waals surface area contributed by atoms with E-state index in [1.807, 2.05) is 18.2 Å². The van der Waals surface area contributed by atoms with Gasteiger partial charge in [-0.3, -0.25) is 4.79 Å². The molecule has 0 saturated carbocycles. The second-order valence-corrected chi connectivity index (χ2v) is 6.74. The summed E-state index contributed by atoms with van der Waals surface area (Å²) in [5.41, 5.74) is 2.33. The summed E-state index contributed by atoms with van der Waals surface area (Å²) < 4.78 is 13.3. The Labute approximate surface area is 152 Å². The van der Waals surface area contributed by atoms with Crippen molar-refractivity contribution in [2.24, 2.45) is 5.92 Å². The Balaban J connectivity index is 1.58. The third-order valence-corrected chi connectivity index (χ3v) is 4.59. The fraction of sp³-hybridized carbons (Fsp3) is 0.300. The average Bonchev–Trinajstić information content (AvgIpc) is 2.93. The zero-order chi connectivity index (χ0) is 18.7.